The molecule has 0 aliphatic carbocycles. The minimum absolute atomic E-state index is 0.163. The molecule has 0 fully saturated rings. The highest BCUT2D eigenvalue weighted by atomic mass is 16.6. The zero-order valence-corrected chi connectivity index (χ0v) is 10.6. The molecule has 1 heterocycles. The number of nitrogen functional groups attached to an aromatic ring is 1. The molecule has 0 saturated carbocycles. The molecule has 100 valence electrons. The molecule has 0 aromatic heterocycles. The third-order valence-electron chi connectivity index (χ3n) is 3.04. The van der Waals surface area contributed by atoms with Crippen LogP contribution in [0.2, 0.25) is 0 Å². The molecular weight excluding hydrogens is 232 g/mol. The summed E-state index contributed by atoms with van der Waals surface area (Å²) >= 11 is 0. The lowest BCUT2D eigenvalue weighted by atomic mass is 10.1. The number of nitrogens with one attached hydrogen (secondary N) is 1. The van der Waals surface area contributed by atoms with Crippen LogP contribution in [0.15, 0.2) is 12.1 Å². The van der Waals surface area contributed by atoms with E-state index >= 15 is 0 Å². The van der Waals surface area contributed by atoms with Crippen molar-refractivity contribution < 1.29 is 14.6 Å². The fourth-order valence-corrected chi connectivity index (χ4v) is 1.98. The van der Waals surface area contributed by atoms with Crippen LogP contribution in [0.3, 0.4) is 0 Å². The summed E-state index contributed by atoms with van der Waals surface area (Å²) in [6.45, 7) is 3.35. The lowest BCUT2D eigenvalue weighted by molar-refractivity contribution is 0.172. The number of benzene rings is 1. The minimum atomic E-state index is 0.163. The number of aliphatic hydroxyl groups is 1. The van der Waals surface area contributed by atoms with E-state index in [1.54, 1.807) is 6.07 Å². The van der Waals surface area contributed by atoms with Gasteiger partial charge in [0, 0.05) is 24.8 Å². The van der Waals surface area contributed by atoms with E-state index in [0.29, 0.717) is 31.1 Å². The van der Waals surface area contributed by atoms with Crippen molar-refractivity contribution in [3.05, 3.63) is 12.1 Å². The van der Waals surface area contributed by atoms with Crippen molar-refractivity contribution in [1.29, 1.82) is 0 Å². The van der Waals surface area contributed by atoms with E-state index < -0.39 is 0 Å². The third-order valence-corrected chi connectivity index (χ3v) is 3.04. The number of hydrogen-bond donors (Lipinski definition) is 3. The molecular formula is C13H20N2O3. The van der Waals surface area contributed by atoms with Crippen LogP contribution in [0, 0.1) is 0 Å². The van der Waals surface area contributed by atoms with Gasteiger partial charge in [-0.25, -0.2) is 0 Å². The summed E-state index contributed by atoms with van der Waals surface area (Å²) < 4.78 is 11.0. The van der Waals surface area contributed by atoms with Crippen molar-refractivity contribution in [2.45, 2.75) is 25.8 Å². The second-order valence-corrected chi connectivity index (χ2v) is 4.34. The summed E-state index contributed by atoms with van der Waals surface area (Å²) in [5.74, 6) is 1.41. The first-order valence-corrected chi connectivity index (χ1v) is 6.31. The highest BCUT2D eigenvalue weighted by Crippen LogP contribution is 2.37. The highest BCUT2D eigenvalue weighted by molar-refractivity contribution is 5.72. The second kappa shape index (κ2) is 5.82. The molecule has 1 aliphatic heterocycles. The van der Waals surface area contributed by atoms with Gasteiger partial charge in [-0.15, -0.1) is 0 Å². The van der Waals surface area contributed by atoms with Gasteiger partial charge >= 0.3 is 0 Å². The Balaban J connectivity index is 2.17. The Hall–Kier alpha value is -1.62. The van der Waals surface area contributed by atoms with Gasteiger partial charge in [0.1, 0.15) is 13.2 Å². The van der Waals surface area contributed by atoms with Crippen molar-refractivity contribution in [1.82, 2.24) is 0 Å². The molecule has 1 atom stereocenters. The highest BCUT2D eigenvalue weighted by Gasteiger charge is 2.16. The summed E-state index contributed by atoms with van der Waals surface area (Å²) in [5, 5.41) is 12.3. The SMILES string of the molecule is CCC(CCO)Nc1cc2c(cc1N)OCCO2. The van der Waals surface area contributed by atoms with Crippen LogP contribution in [-0.4, -0.2) is 31.0 Å². The van der Waals surface area contributed by atoms with Crippen molar-refractivity contribution in [2.75, 3.05) is 30.9 Å². The first kappa shape index (κ1) is 12.8. The van der Waals surface area contributed by atoms with E-state index in [2.05, 4.69) is 12.2 Å². The summed E-state index contributed by atoms with van der Waals surface area (Å²) in [7, 11) is 0. The van der Waals surface area contributed by atoms with Gasteiger partial charge in [0.25, 0.3) is 0 Å². The Labute approximate surface area is 107 Å². The lowest BCUT2D eigenvalue weighted by Crippen LogP contribution is -2.21. The number of fused-ring (bicyclic) bond motifs is 1. The molecule has 5 heteroatoms. The van der Waals surface area contributed by atoms with Gasteiger partial charge in [-0.2, -0.15) is 0 Å². The predicted molar refractivity (Wildman–Crippen MR) is 71.2 cm³/mol. The molecule has 0 radical (unpaired) electrons. The van der Waals surface area contributed by atoms with Crippen LogP contribution < -0.4 is 20.5 Å². The Morgan fingerprint density at radius 3 is 2.61 bits per heavy atom. The third kappa shape index (κ3) is 2.79. The summed E-state index contributed by atoms with van der Waals surface area (Å²) in [6.07, 6.45) is 1.62. The van der Waals surface area contributed by atoms with Crippen LogP contribution >= 0.6 is 0 Å². The molecule has 4 N–H and O–H groups in total. The monoisotopic (exact) mass is 252 g/mol. The van der Waals surface area contributed by atoms with Gasteiger partial charge < -0.3 is 25.6 Å². The van der Waals surface area contributed by atoms with Crippen LogP contribution in [0.4, 0.5) is 11.4 Å². The molecule has 0 spiro atoms. The molecule has 0 bridgehead atoms. The summed E-state index contributed by atoms with van der Waals surface area (Å²) in [5.41, 5.74) is 7.45. The Morgan fingerprint density at radius 1 is 1.33 bits per heavy atom. The molecule has 18 heavy (non-hydrogen) atoms. The zero-order chi connectivity index (χ0) is 13.0. The second-order valence-electron chi connectivity index (χ2n) is 4.34. The van der Waals surface area contributed by atoms with E-state index in [1.807, 2.05) is 6.07 Å². The Morgan fingerprint density at radius 2 is 2.00 bits per heavy atom. The number of aliphatic hydroxyl groups excluding tert-OH is 1. The van der Waals surface area contributed by atoms with Gasteiger partial charge in [0.2, 0.25) is 0 Å². The van der Waals surface area contributed by atoms with Crippen molar-refractivity contribution in [2.24, 2.45) is 0 Å². The molecule has 0 amide bonds. The summed E-state index contributed by atoms with van der Waals surface area (Å²) in [4.78, 5) is 0. The van der Waals surface area contributed by atoms with Gasteiger partial charge in [-0.05, 0) is 12.8 Å². The van der Waals surface area contributed by atoms with E-state index in [0.717, 1.165) is 17.9 Å². The van der Waals surface area contributed by atoms with Crippen molar-refractivity contribution >= 4 is 11.4 Å². The first-order chi connectivity index (χ1) is 8.74. The van der Waals surface area contributed by atoms with E-state index in [9.17, 15) is 0 Å². The quantitative estimate of drug-likeness (QED) is 0.694. The fraction of sp³-hybridized carbons (Fsp3) is 0.538. The average Bonchev–Trinajstić information content (AvgIpc) is 2.39. The van der Waals surface area contributed by atoms with Gasteiger partial charge in [-0.1, -0.05) is 6.92 Å². The van der Waals surface area contributed by atoms with Gasteiger partial charge in [0.15, 0.2) is 11.5 Å². The van der Waals surface area contributed by atoms with Crippen molar-refractivity contribution in [3.8, 4) is 11.5 Å². The normalized spacial score (nSPS) is 15.2. The van der Waals surface area contributed by atoms with Gasteiger partial charge in [0.05, 0.1) is 11.4 Å². The van der Waals surface area contributed by atoms with Gasteiger partial charge in [-0.3, -0.25) is 0 Å². The standard InChI is InChI=1S/C13H20N2O3/c1-2-9(3-4-16)15-11-8-13-12(7-10(11)14)17-5-6-18-13/h7-9,15-16H,2-6,14H2,1H3. The molecule has 1 aromatic rings. The number of hydrogen-bond acceptors (Lipinski definition) is 5. The smallest absolute Gasteiger partial charge is 0.163 e. The minimum Gasteiger partial charge on any atom is -0.486 e. The van der Waals surface area contributed by atoms with Crippen LogP contribution in [0.1, 0.15) is 19.8 Å². The molecule has 2 rings (SSSR count). The average molecular weight is 252 g/mol. The Kier molecular flexibility index (Phi) is 4.15. The number of rotatable bonds is 5. The van der Waals surface area contributed by atoms with E-state index in [-0.39, 0.29) is 12.6 Å². The fourth-order valence-electron chi connectivity index (χ4n) is 1.98. The Bertz CT molecular complexity index is 409. The topological polar surface area (TPSA) is 76.7 Å². The van der Waals surface area contributed by atoms with Crippen LogP contribution in [-0.2, 0) is 0 Å². The van der Waals surface area contributed by atoms with E-state index in [4.69, 9.17) is 20.3 Å². The molecule has 0 saturated heterocycles. The molecule has 5 nitrogen and oxygen atoms in total. The maximum Gasteiger partial charge on any atom is 0.163 e. The maximum absolute atomic E-state index is 8.99. The molecule has 1 aromatic carbocycles. The maximum atomic E-state index is 8.99. The van der Waals surface area contributed by atoms with E-state index in [1.165, 1.54) is 0 Å². The zero-order valence-electron chi connectivity index (χ0n) is 10.6. The number of anilines is 2. The lowest BCUT2D eigenvalue weighted by Gasteiger charge is -2.23. The molecule has 1 unspecified atom stereocenters. The number of nitrogens with two attached hydrogens (primary N) is 1. The largest absolute Gasteiger partial charge is 0.486 e. The van der Waals surface area contributed by atoms with Crippen molar-refractivity contribution in [3.63, 3.8) is 0 Å². The van der Waals surface area contributed by atoms with Crippen LogP contribution in [0.25, 0.3) is 0 Å². The molecule has 1 aliphatic rings. The van der Waals surface area contributed by atoms with Crippen LogP contribution in [0.5, 0.6) is 11.5 Å². The number of ether oxygens (including phenoxy) is 2. The first-order valence-electron chi connectivity index (χ1n) is 6.31. The predicted octanol–water partition coefficient (Wildman–Crippen LogP) is 1.61. The summed E-state index contributed by atoms with van der Waals surface area (Å²) in [6, 6.07) is 3.85.